The molecule has 6 heteroatoms. The van der Waals surface area contributed by atoms with Gasteiger partial charge in [0.05, 0.1) is 5.57 Å². The van der Waals surface area contributed by atoms with Gasteiger partial charge in [0.15, 0.2) is 5.58 Å². The summed E-state index contributed by atoms with van der Waals surface area (Å²) < 4.78 is 5.58. The fourth-order valence-corrected chi connectivity index (χ4v) is 1.66. The van der Waals surface area contributed by atoms with E-state index in [0.717, 1.165) is 6.42 Å². The Bertz CT molecular complexity index is 629. The number of nitrogens with one attached hydrogen (secondary N) is 2. The lowest BCUT2D eigenvalue weighted by atomic mass is 10.2. The van der Waals surface area contributed by atoms with Gasteiger partial charge in [-0.1, -0.05) is 6.92 Å². The summed E-state index contributed by atoms with van der Waals surface area (Å²) >= 11 is 0. The summed E-state index contributed by atoms with van der Waals surface area (Å²) in [6, 6.07) is 5.22. The molecule has 6 N–H and O–H groups in total. The number of hydrogen-bond donors (Lipinski definition) is 4. The topological polar surface area (TPSA) is 114 Å². The first kappa shape index (κ1) is 12.9. The Balaban J connectivity index is 2.33. The molecule has 0 atom stereocenters. The minimum atomic E-state index is 0.198. The molecule has 19 heavy (non-hydrogen) atoms. The maximum atomic E-state index is 7.92. The SMILES string of the molecule is CCCNC(=N)/C(=C\N)c1nc2ccc(N)cc2o1. The summed E-state index contributed by atoms with van der Waals surface area (Å²) in [7, 11) is 0. The van der Waals surface area contributed by atoms with Crippen molar-refractivity contribution < 1.29 is 4.42 Å². The van der Waals surface area contributed by atoms with E-state index in [1.807, 2.05) is 6.92 Å². The number of aromatic nitrogens is 1. The van der Waals surface area contributed by atoms with Gasteiger partial charge in [0.25, 0.3) is 0 Å². The molecule has 0 aliphatic rings. The van der Waals surface area contributed by atoms with E-state index in [1.54, 1.807) is 18.2 Å². The molecule has 1 aromatic heterocycles. The van der Waals surface area contributed by atoms with E-state index in [-0.39, 0.29) is 5.84 Å². The molecular weight excluding hydrogens is 242 g/mol. The van der Waals surface area contributed by atoms with E-state index >= 15 is 0 Å². The predicted octanol–water partition coefficient (Wildman–Crippen LogP) is 1.69. The smallest absolute Gasteiger partial charge is 0.232 e. The number of hydrogen-bond acceptors (Lipinski definition) is 5. The van der Waals surface area contributed by atoms with Gasteiger partial charge in [0.2, 0.25) is 5.89 Å². The second-order valence-corrected chi connectivity index (χ2v) is 4.13. The fraction of sp³-hybridized carbons (Fsp3) is 0.231. The zero-order valence-corrected chi connectivity index (χ0v) is 10.7. The number of benzene rings is 1. The lowest BCUT2D eigenvalue weighted by molar-refractivity contribution is 0.586. The standard InChI is InChI=1S/C13H17N5O/c1-2-5-17-12(16)9(7-14)13-18-10-4-3-8(15)6-11(10)19-13/h3-4,6-7H,2,5,14-15H2,1H3,(H2,16,17)/b9-7+. The van der Waals surface area contributed by atoms with Gasteiger partial charge >= 0.3 is 0 Å². The van der Waals surface area contributed by atoms with Crippen LogP contribution >= 0.6 is 0 Å². The van der Waals surface area contributed by atoms with Crippen molar-refractivity contribution in [2.24, 2.45) is 5.73 Å². The maximum absolute atomic E-state index is 7.92. The fourth-order valence-electron chi connectivity index (χ4n) is 1.66. The molecule has 0 bridgehead atoms. The highest BCUT2D eigenvalue weighted by Gasteiger charge is 2.14. The Morgan fingerprint density at radius 3 is 3.00 bits per heavy atom. The summed E-state index contributed by atoms with van der Waals surface area (Å²) in [4.78, 5) is 4.30. The monoisotopic (exact) mass is 259 g/mol. The van der Waals surface area contributed by atoms with E-state index in [9.17, 15) is 0 Å². The minimum Gasteiger partial charge on any atom is -0.436 e. The molecular formula is C13H17N5O. The molecule has 6 nitrogen and oxygen atoms in total. The Kier molecular flexibility index (Phi) is 3.70. The van der Waals surface area contributed by atoms with Crippen LogP contribution in [0, 0.1) is 5.41 Å². The molecule has 1 aromatic carbocycles. The van der Waals surface area contributed by atoms with E-state index in [1.165, 1.54) is 6.20 Å². The average Bonchev–Trinajstić information content (AvgIpc) is 2.79. The quantitative estimate of drug-likeness (QED) is 0.379. The van der Waals surface area contributed by atoms with Gasteiger partial charge in [-0.05, 0) is 18.6 Å². The van der Waals surface area contributed by atoms with Gasteiger partial charge in [-0.2, -0.15) is 0 Å². The molecule has 0 fully saturated rings. The summed E-state index contributed by atoms with van der Waals surface area (Å²) in [5.41, 5.74) is 13.6. The van der Waals surface area contributed by atoms with Crippen LogP contribution in [-0.4, -0.2) is 17.4 Å². The van der Waals surface area contributed by atoms with Crippen LogP contribution in [0.3, 0.4) is 0 Å². The molecule has 0 aliphatic heterocycles. The van der Waals surface area contributed by atoms with E-state index < -0.39 is 0 Å². The molecule has 0 unspecified atom stereocenters. The number of oxazole rings is 1. The summed E-state index contributed by atoms with van der Waals surface area (Å²) in [6.07, 6.45) is 2.24. The summed E-state index contributed by atoms with van der Waals surface area (Å²) in [6.45, 7) is 2.72. The molecule has 0 aliphatic carbocycles. The van der Waals surface area contributed by atoms with Crippen molar-refractivity contribution in [3.05, 3.63) is 30.3 Å². The van der Waals surface area contributed by atoms with Crippen molar-refractivity contribution in [1.29, 1.82) is 5.41 Å². The van der Waals surface area contributed by atoms with Gasteiger partial charge in [-0.3, -0.25) is 5.41 Å². The Labute approximate surface area is 111 Å². The lowest BCUT2D eigenvalue weighted by Gasteiger charge is -2.06. The number of fused-ring (bicyclic) bond motifs is 1. The highest BCUT2D eigenvalue weighted by Crippen LogP contribution is 2.22. The van der Waals surface area contributed by atoms with Crippen molar-refractivity contribution in [2.45, 2.75) is 13.3 Å². The highest BCUT2D eigenvalue weighted by atomic mass is 16.3. The molecule has 2 rings (SSSR count). The van der Waals surface area contributed by atoms with Crippen LogP contribution < -0.4 is 16.8 Å². The Morgan fingerprint density at radius 1 is 1.53 bits per heavy atom. The van der Waals surface area contributed by atoms with Crippen molar-refractivity contribution in [1.82, 2.24) is 10.3 Å². The molecule has 2 aromatic rings. The second-order valence-electron chi connectivity index (χ2n) is 4.13. The molecule has 0 saturated heterocycles. The van der Waals surface area contributed by atoms with E-state index in [0.29, 0.717) is 34.8 Å². The number of rotatable bonds is 4. The van der Waals surface area contributed by atoms with Crippen molar-refractivity contribution in [2.75, 3.05) is 12.3 Å². The number of nitrogens with two attached hydrogens (primary N) is 2. The van der Waals surface area contributed by atoms with E-state index in [4.69, 9.17) is 21.3 Å². The van der Waals surface area contributed by atoms with Crippen LogP contribution in [0.4, 0.5) is 5.69 Å². The lowest BCUT2D eigenvalue weighted by Crippen LogP contribution is -2.25. The van der Waals surface area contributed by atoms with Crippen LogP contribution in [0.15, 0.2) is 28.8 Å². The first-order valence-electron chi connectivity index (χ1n) is 6.06. The number of nitrogen functional groups attached to an aromatic ring is 1. The van der Waals surface area contributed by atoms with Crippen LogP contribution in [0.5, 0.6) is 0 Å². The predicted molar refractivity (Wildman–Crippen MR) is 76.6 cm³/mol. The molecule has 0 spiro atoms. The summed E-state index contributed by atoms with van der Waals surface area (Å²) in [5, 5.41) is 10.9. The number of anilines is 1. The Morgan fingerprint density at radius 2 is 2.32 bits per heavy atom. The highest BCUT2D eigenvalue weighted by molar-refractivity contribution is 6.19. The molecule has 0 radical (unpaired) electrons. The third-order valence-corrected chi connectivity index (χ3v) is 2.63. The van der Waals surface area contributed by atoms with Gasteiger partial charge in [0, 0.05) is 24.5 Å². The first-order chi connectivity index (χ1) is 9.15. The zero-order valence-electron chi connectivity index (χ0n) is 10.7. The van der Waals surface area contributed by atoms with Gasteiger partial charge in [-0.15, -0.1) is 0 Å². The Hall–Kier alpha value is -2.50. The molecule has 0 saturated carbocycles. The number of nitrogens with zero attached hydrogens (tertiary/aromatic N) is 1. The largest absolute Gasteiger partial charge is 0.436 e. The minimum absolute atomic E-state index is 0.198. The van der Waals surface area contributed by atoms with Crippen LogP contribution in [0.1, 0.15) is 19.2 Å². The van der Waals surface area contributed by atoms with Crippen LogP contribution in [-0.2, 0) is 0 Å². The third kappa shape index (κ3) is 2.67. The van der Waals surface area contributed by atoms with Crippen LogP contribution in [0.25, 0.3) is 16.7 Å². The van der Waals surface area contributed by atoms with Gasteiger partial charge < -0.3 is 21.2 Å². The molecule has 100 valence electrons. The maximum Gasteiger partial charge on any atom is 0.232 e. The number of amidine groups is 1. The molecule has 0 amide bonds. The van der Waals surface area contributed by atoms with Crippen molar-refractivity contribution in [3.8, 4) is 0 Å². The first-order valence-corrected chi connectivity index (χ1v) is 6.06. The van der Waals surface area contributed by atoms with E-state index in [2.05, 4.69) is 10.3 Å². The zero-order chi connectivity index (χ0) is 13.8. The van der Waals surface area contributed by atoms with Crippen molar-refractivity contribution >= 4 is 28.2 Å². The third-order valence-electron chi connectivity index (χ3n) is 2.63. The van der Waals surface area contributed by atoms with Crippen molar-refractivity contribution in [3.63, 3.8) is 0 Å². The van der Waals surface area contributed by atoms with Gasteiger partial charge in [0.1, 0.15) is 11.4 Å². The summed E-state index contributed by atoms with van der Waals surface area (Å²) in [5.74, 6) is 0.514. The second kappa shape index (κ2) is 5.43. The van der Waals surface area contributed by atoms with Crippen LogP contribution in [0.2, 0.25) is 0 Å². The molecule has 1 heterocycles. The average molecular weight is 259 g/mol. The normalized spacial score (nSPS) is 11.7. The van der Waals surface area contributed by atoms with Gasteiger partial charge in [-0.25, -0.2) is 4.98 Å².